The highest BCUT2D eigenvalue weighted by Gasteiger charge is 2.15. The summed E-state index contributed by atoms with van der Waals surface area (Å²) in [6.07, 6.45) is 0. The number of fused-ring (bicyclic) bond motifs is 3. The number of hydrogen-bond acceptors (Lipinski definition) is 5. The molecular formula is C34H28FN5O3. The Morgan fingerprint density at radius 3 is 1.67 bits per heavy atom. The lowest BCUT2D eigenvalue weighted by Gasteiger charge is -2.10. The monoisotopic (exact) mass is 573 g/mol. The van der Waals surface area contributed by atoms with Gasteiger partial charge in [0.25, 0.3) is 0 Å². The van der Waals surface area contributed by atoms with Crippen LogP contribution in [0.4, 0.5) is 4.39 Å². The Morgan fingerprint density at radius 2 is 1.21 bits per heavy atom. The van der Waals surface area contributed by atoms with Crippen LogP contribution in [0.5, 0.6) is 5.75 Å². The molecule has 6 rings (SSSR count). The Hall–Kier alpha value is -5.83. The van der Waals surface area contributed by atoms with Gasteiger partial charge in [0.15, 0.2) is 23.2 Å². The minimum Gasteiger partial charge on any atom is -0.494 e. The summed E-state index contributed by atoms with van der Waals surface area (Å²) < 4.78 is 21.9. The van der Waals surface area contributed by atoms with E-state index in [-0.39, 0.29) is 17.4 Å². The van der Waals surface area contributed by atoms with E-state index in [4.69, 9.17) is 26.6 Å². The highest BCUT2D eigenvalue weighted by molar-refractivity contribution is 6.11. The van der Waals surface area contributed by atoms with Gasteiger partial charge in [0.1, 0.15) is 0 Å². The molecule has 6 N–H and O–H groups in total. The molecule has 5 aromatic carbocycles. The Kier molecular flexibility index (Phi) is 7.13. The molecule has 0 aliphatic rings. The summed E-state index contributed by atoms with van der Waals surface area (Å²) >= 11 is 0. The summed E-state index contributed by atoms with van der Waals surface area (Å²) in [6, 6.07) is 32.4. The van der Waals surface area contributed by atoms with Crippen molar-refractivity contribution in [1.29, 1.82) is 0 Å². The lowest BCUT2D eigenvalue weighted by atomic mass is 9.98. The molecule has 0 radical (unpaired) electrons. The first-order chi connectivity index (χ1) is 20.9. The van der Waals surface area contributed by atoms with Crippen molar-refractivity contribution in [3.63, 3.8) is 0 Å². The van der Waals surface area contributed by atoms with Crippen molar-refractivity contribution in [3.8, 4) is 28.0 Å². The minimum absolute atomic E-state index is 0.0324. The van der Waals surface area contributed by atoms with Crippen molar-refractivity contribution in [2.24, 2.45) is 21.8 Å². The van der Waals surface area contributed by atoms with Gasteiger partial charge in [-0.1, -0.05) is 64.9 Å². The normalized spacial score (nSPS) is 12.2. The lowest BCUT2D eigenvalue weighted by molar-refractivity contribution is 0.318. The third kappa shape index (κ3) is 5.08. The summed E-state index contributed by atoms with van der Waals surface area (Å²) in [5, 5.41) is 26.6. The van der Waals surface area contributed by atoms with Crippen LogP contribution in [-0.4, -0.2) is 33.8 Å². The molecule has 214 valence electrons. The first kappa shape index (κ1) is 27.3. The largest absolute Gasteiger partial charge is 0.494 e. The number of nitrogens with two attached hydrogens (primary N) is 2. The lowest BCUT2D eigenvalue weighted by Crippen LogP contribution is -2.12. The first-order valence-electron chi connectivity index (χ1n) is 13.4. The van der Waals surface area contributed by atoms with Crippen LogP contribution in [0.3, 0.4) is 0 Å². The minimum atomic E-state index is -0.415. The van der Waals surface area contributed by atoms with E-state index in [1.165, 1.54) is 13.2 Å². The second-order valence-corrected chi connectivity index (χ2v) is 10.2. The number of ether oxygens (including phenoxy) is 1. The van der Waals surface area contributed by atoms with Crippen molar-refractivity contribution in [3.05, 3.63) is 126 Å². The van der Waals surface area contributed by atoms with Crippen LogP contribution in [0.15, 0.2) is 113 Å². The molecule has 0 aliphatic carbocycles. The van der Waals surface area contributed by atoms with Crippen molar-refractivity contribution < 1.29 is 19.5 Å². The number of hydrogen-bond donors (Lipinski definition) is 4. The maximum absolute atomic E-state index is 14.6. The molecule has 0 unspecified atom stereocenters. The quantitative estimate of drug-likeness (QED) is 0.0748. The van der Waals surface area contributed by atoms with Crippen LogP contribution in [0.2, 0.25) is 0 Å². The highest BCUT2D eigenvalue weighted by atomic mass is 19.1. The van der Waals surface area contributed by atoms with Gasteiger partial charge in [0, 0.05) is 39.5 Å². The van der Waals surface area contributed by atoms with E-state index in [1.807, 2.05) is 54.6 Å². The molecule has 0 bridgehead atoms. The van der Waals surface area contributed by atoms with Crippen LogP contribution < -0.4 is 16.2 Å². The van der Waals surface area contributed by atoms with Crippen LogP contribution >= 0.6 is 0 Å². The maximum atomic E-state index is 14.6. The number of amidine groups is 2. The average molecular weight is 574 g/mol. The standard InChI is InChI=1S/C34H28FN5O3/c1-43-32-13-8-20(14-29(32)35)19-40-30-11-9-23(21-4-2-6-25(15-21)33(36)38-41)17-27(30)28-18-24(10-12-31(28)40)22-5-3-7-26(16-22)34(37)39-42/h2-18,41-42H,19H2,1H3,(H2,36,38)(H2,37,39). The van der Waals surface area contributed by atoms with E-state index in [1.54, 1.807) is 18.2 Å². The van der Waals surface area contributed by atoms with Crippen LogP contribution in [0.1, 0.15) is 16.7 Å². The molecule has 0 atom stereocenters. The Labute approximate surface area is 246 Å². The van der Waals surface area contributed by atoms with Gasteiger partial charge in [-0.15, -0.1) is 0 Å². The number of oxime groups is 2. The Bertz CT molecular complexity index is 1950. The Balaban J connectivity index is 1.55. The van der Waals surface area contributed by atoms with E-state index in [0.29, 0.717) is 17.7 Å². The second-order valence-electron chi connectivity index (χ2n) is 10.2. The average Bonchev–Trinajstić information content (AvgIpc) is 3.36. The molecule has 0 amide bonds. The van der Waals surface area contributed by atoms with Crippen LogP contribution in [0, 0.1) is 5.82 Å². The molecule has 0 fully saturated rings. The van der Waals surface area contributed by atoms with Gasteiger partial charge in [-0.2, -0.15) is 0 Å². The molecule has 0 aliphatic heterocycles. The maximum Gasteiger partial charge on any atom is 0.170 e. The van der Waals surface area contributed by atoms with Crippen molar-refractivity contribution >= 4 is 33.5 Å². The first-order valence-corrected chi connectivity index (χ1v) is 13.4. The van der Waals surface area contributed by atoms with Crippen LogP contribution in [0.25, 0.3) is 44.1 Å². The molecule has 43 heavy (non-hydrogen) atoms. The summed E-state index contributed by atoms with van der Waals surface area (Å²) in [5.74, 6) is -0.153. The summed E-state index contributed by atoms with van der Waals surface area (Å²) in [7, 11) is 1.45. The fourth-order valence-electron chi connectivity index (χ4n) is 5.46. The predicted molar refractivity (Wildman–Crippen MR) is 167 cm³/mol. The number of rotatable bonds is 7. The molecule has 9 heteroatoms. The summed E-state index contributed by atoms with van der Waals surface area (Å²) in [5.41, 5.74) is 19.4. The zero-order valence-electron chi connectivity index (χ0n) is 23.2. The van der Waals surface area contributed by atoms with Gasteiger partial charge in [0.05, 0.1) is 7.11 Å². The molecule has 1 aromatic heterocycles. The molecule has 6 aromatic rings. The number of methoxy groups -OCH3 is 1. The highest BCUT2D eigenvalue weighted by Crippen LogP contribution is 2.36. The molecule has 0 spiro atoms. The number of nitrogens with zero attached hydrogens (tertiary/aromatic N) is 3. The molecular weight excluding hydrogens is 545 g/mol. The van der Waals surface area contributed by atoms with E-state index in [0.717, 1.165) is 49.6 Å². The van der Waals surface area contributed by atoms with E-state index >= 15 is 0 Å². The fraction of sp³-hybridized carbons (Fsp3) is 0.0588. The third-order valence-corrected chi connectivity index (χ3v) is 7.62. The predicted octanol–water partition coefficient (Wildman–Crippen LogP) is 6.51. The molecule has 8 nitrogen and oxygen atoms in total. The summed E-state index contributed by atoms with van der Waals surface area (Å²) in [4.78, 5) is 0. The Morgan fingerprint density at radius 1 is 0.698 bits per heavy atom. The van der Waals surface area contributed by atoms with Crippen LogP contribution in [-0.2, 0) is 6.54 Å². The molecule has 0 saturated heterocycles. The van der Waals surface area contributed by atoms with Gasteiger partial charge >= 0.3 is 0 Å². The number of aromatic nitrogens is 1. The van der Waals surface area contributed by atoms with Gasteiger partial charge < -0.3 is 31.2 Å². The SMILES string of the molecule is COc1ccc(Cn2c3ccc(-c4cccc(/C(N)=N/O)c4)cc3c3cc(-c4cccc(/C(N)=N/O)c4)ccc32)cc1F. The zero-order chi connectivity index (χ0) is 30.1. The van der Waals surface area contributed by atoms with Crippen molar-refractivity contribution in [1.82, 2.24) is 4.57 Å². The van der Waals surface area contributed by atoms with Gasteiger partial charge in [-0.25, -0.2) is 4.39 Å². The zero-order valence-corrected chi connectivity index (χ0v) is 23.2. The summed E-state index contributed by atoms with van der Waals surface area (Å²) in [6.45, 7) is 0.442. The fourth-order valence-corrected chi connectivity index (χ4v) is 5.46. The smallest absolute Gasteiger partial charge is 0.170 e. The number of benzene rings is 5. The number of halogens is 1. The van der Waals surface area contributed by atoms with Crippen molar-refractivity contribution in [2.45, 2.75) is 6.54 Å². The van der Waals surface area contributed by atoms with E-state index < -0.39 is 5.82 Å². The van der Waals surface area contributed by atoms with Gasteiger partial charge in [-0.05, 0) is 76.3 Å². The van der Waals surface area contributed by atoms with Gasteiger partial charge in [0.2, 0.25) is 0 Å². The second kappa shape index (κ2) is 11.2. The van der Waals surface area contributed by atoms with E-state index in [9.17, 15) is 4.39 Å². The molecule has 1 heterocycles. The van der Waals surface area contributed by atoms with Crippen molar-refractivity contribution in [2.75, 3.05) is 7.11 Å². The third-order valence-electron chi connectivity index (χ3n) is 7.62. The molecule has 0 saturated carbocycles. The van der Waals surface area contributed by atoms with E-state index in [2.05, 4.69) is 39.1 Å². The topological polar surface area (TPSA) is 131 Å². The van der Waals surface area contributed by atoms with Gasteiger partial charge in [-0.3, -0.25) is 0 Å².